The van der Waals surface area contributed by atoms with Crippen molar-refractivity contribution < 1.29 is 13.9 Å². The van der Waals surface area contributed by atoms with Crippen LogP contribution in [0.2, 0.25) is 0 Å². The summed E-state index contributed by atoms with van der Waals surface area (Å²) in [6.07, 6.45) is 10.3. The van der Waals surface area contributed by atoms with Crippen molar-refractivity contribution in [3.05, 3.63) is 59.4 Å². The number of carbonyl (C=O) groups excluding carboxylic acids is 1. The van der Waals surface area contributed by atoms with E-state index in [9.17, 15) is 9.18 Å². The molecule has 1 aromatic carbocycles. The van der Waals surface area contributed by atoms with E-state index in [1.54, 1.807) is 24.7 Å². The number of hydrogen-bond acceptors (Lipinski definition) is 7. The number of aromatic nitrogens is 4. The summed E-state index contributed by atoms with van der Waals surface area (Å²) in [5.74, 6) is -0.244. The van der Waals surface area contributed by atoms with Gasteiger partial charge in [-0.15, -0.1) is 0 Å². The number of ether oxygens (including phenoxy) is 1. The molecule has 174 valence electrons. The zero-order valence-electron chi connectivity index (χ0n) is 18.8. The molecule has 3 N–H and O–H groups in total. The van der Waals surface area contributed by atoms with Crippen molar-refractivity contribution in [2.75, 3.05) is 32.6 Å². The van der Waals surface area contributed by atoms with Crippen LogP contribution in [-0.2, 0) is 12.8 Å². The van der Waals surface area contributed by atoms with Crippen LogP contribution in [0.4, 0.5) is 16.0 Å². The van der Waals surface area contributed by atoms with Crippen molar-refractivity contribution in [3.63, 3.8) is 0 Å². The second-order valence-electron chi connectivity index (χ2n) is 7.98. The van der Waals surface area contributed by atoms with Crippen LogP contribution in [0.1, 0.15) is 40.4 Å². The lowest BCUT2D eigenvalue weighted by Crippen LogP contribution is -2.31. The maximum absolute atomic E-state index is 14.7. The molecule has 1 atom stereocenters. The molecule has 0 radical (unpaired) electrons. The quantitative estimate of drug-likeness (QED) is 0.481. The number of halogens is 1. The Labute approximate surface area is 191 Å². The summed E-state index contributed by atoms with van der Waals surface area (Å²) in [5, 5.41) is 13.6. The molecule has 0 aliphatic carbocycles. The summed E-state index contributed by atoms with van der Waals surface area (Å²) in [5.41, 5.74) is 2.44. The van der Waals surface area contributed by atoms with Gasteiger partial charge in [0, 0.05) is 37.7 Å². The number of piperidine rings is 1. The summed E-state index contributed by atoms with van der Waals surface area (Å²) in [6, 6.07) is 3.31. The average molecular weight is 454 g/mol. The number of benzene rings is 1. The fourth-order valence-electron chi connectivity index (χ4n) is 3.88. The Hall–Kier alpha value is -3.53. The molecule has 0 bridgehead atoms. The first-order valence-electron chi connectivity index (χ1n) is 11.0. The van der Waals surface area contributed by atoms with Gasteiger partial charge in [0.2, 0.25) is 5.95 Å². The summed E-state index contributed by atoms with van der Waals surface area (Å²) >= 11 is 0. The fourth-order valence-corrected chi connectivity index (χ4v) is 3.88. The van der Waals surface area contributed by atoms with Crippen LogP contribution in [0.3, 0.4) is 0 Å². The Kier molecular flexibility index (Phi) is 7.13. The van der Waals surface area contributed by atoms with E-state index in [2.05, 4.69) is 31.0 Å². The van der Waals surface area contributed by atoms with Crippen molar-refractivity contribution in [2.24, 2.45) is 0 Å². The Morgan fingerprint density at radius 1 is 1.27 bits per heavy atom. The molecule has 1 aliphatic rings. The van der Waals surface area contributed by atoms with Crippen LogP contribution in [0.25, 0.3) is 0 Å². The fraction of sp³-hybridized carbons (Fsp3) is 0.391. The summed E-state index contributed by atoms with van der Waals surface area (Å²) < 4.78 is 21.7. The van der Waals surface area contributed by atoms with Crippen LogP contribution in [0, 0.1) is 5.82 Å². The second kappa shape index (κ2) is 10.4. The van der Waals surface area contributed by atoms with Crippen LogP contribution in [0.5, 0.6) is 5.75 Å². The van der Waals surface area contributed by atoms with Gasteiger partial charge in [-0.25, -0.2) is 14.4 Å². The highest BCUT2D eigenvalue weighted by Gasteiger charge is 2.17. The Bertz CT molecular complexity index is 1090. The summed E-state index contributed by atoms with van der Waals surface area (Å²) in [4.78, 5) is 20.7. The minimum atomic E-state index is -0.463. The molecule has 0 saturated carbocycles. The first-order valence-corrected chi connectivity index (χ1v) is 11.0. The van der Waals surface area contributed by atoms with E-state index < -0.39 is 5.82 Å². The van der Waals surface area contributed by atoms with Gasteiger partial charge in [0.05, 0.1) is 25.0 Å². The molecular weight excluding hydrogens is 425 g/mol. The van der Waals surface area contributed by atoms with Crippen LogP contribution >= 0.6 is 0 Å². The van der Waals surface area contributed by atoms with Gasteiger partial charge in [0.15, 0.2) is 11.6 Å². The predicted octanol–water partition coefficient (Wildman–Crippen LogP) is 2.63. The van der Waals surface area contributed by atoms with Crippen LogP contribution < -0.4 is 20.7 Å². The molecule has 1 saturated heterocycles. The lowest BCUT2D eigenvalue weighted by atomic mass is 10.0. The third kappa shape index (κ3) is 5.46. The number of anilines is 2. The number of nitrogens with one attached hydrogen (secondary N) is 3. The number of nitrogens with zero attached hydrogens (tertiary/aromatic N) is 4. The monoisotopic (exact) mass is 453 g/mol. The molecule has 1 aliphatic heterocycles. The number of methoxy groups -OCH3 is 1. The lowest BCUT2D eigenvalue weighted by Gasteiger charge is -2.22. The maximum Gasteiger partial charge on any atom is 0.251 e. The molecular formula is C23H28FN7O2. The van der Waals surface area contributed by atoms with E-state index in [4.69, 9.17) is 4.74 Å². The average Bonchev–Trinajstić information content (AvgIpc) is 3.33. The minimum absolute atomic E-state index is 0.0476. The standard InChI is InChI=1S/C23H28FN7O2/c1-25-22(32)17-8-16(21(24)20(9-17)33-2)6-5-15-10-27-23(28-11-15)30-18-12-29-31(14-18)19-4-3-7-26-13-19/h8-12,14,19,26H,3-7,13H2,1-2H3,(H,25,32)(H,27,28,30)/t19-/m0/s1. The molecule has 4 rings (SSSR count). The molecule has 2 aromatic heterocycles. The lowest BCUT2D eigenvalue weighted by molar-refractivity contribution is 0.0962. The number of aryl methyl sites for hydroxylation is 2. The van der Waals surface area contributed by atoms with Gasteiger partial charge in [-0.3, -0.25) is 9.48 Å². The third-order valence-corrected chi connectivity index (χ3v) is 5.71. The van der Waals surface area contributed by atoms with Crippen molar-refractivity contribution in [2.45, 2.75) is 31.7 Å². The predicted molar refractivity (Wildman–Crippen MR) is 122 cm³/mol. The van der Waals surface area contributed by atoms with Crippen molar-refractivity contribution in [1.82, 2.24) is 30.4 Å². The third-order valence-electron chi connectivity index (χ3n) is 5.71. The van der Waals surface area contributed by atoms with Gasteiger partial charge < -0.3 is 20.7 Å². The largest absolute Gasteiger partial charge is 0.494 e. The highest BCUT2D eigenvalue weighted by molar-refractivity contribution is 5.94. The van der Waals surface area contributed by atoms with E-state index >= 15 is 0 Å². The molecule has 3 aromatic rings. The Morgan fingerprint density at radius 3 is 2.79 bits per heavy atom. The minimum Gasteiger partial charge on any atom is -0.494 e. The van der Waals surface area contributed by atoms with Gasteiger partial charge in [-0.2, -0.15) is 5.10 Å². The SMILES string of the molecule is CNC(=O)c1cc(CCc2cnc(Nc3cnn([C@H]4CCCNC4)c3)nc2)c(F)c(OC)c1. The van der Waals surface area contributed by atoms with E-state index in [1.807, 2.05) is 10.9 Å². The number of hydrogen-bond donors (Lipinski definition) is 3. The van der Waals surface area contributed by atoms with E-state index in [0.29, 0.717) is 36.0 Å². The summed E-state index contributed by atoms with van der Waals surface area (Å²) in [7, 11) is 2.91. The van der Waals surface area contributed by atoms with Gasteiger partial charge >= 0.3 is 0 Å². The van der Waals surface area contributed by atoms with Crippen molar-refractivity contribution >= 4 is 17.5 Å². The molecule has 33 heavy (non-hydrogen) atoms. The zero-order chi connectivity index (χ0) is 23.2. The number of rotatable bonds is 8. The van der Waals surface area contributed by atoms with Crippen molar-refractivity contribution in [1.29, 1.82) is 0 Å². The molecule has 9 nitrogen and oxygen atoms in total. The second-order valence-corrected chi connectivity index (χ2v) is 7.98. The molecule has 0 spiro atoms. The molecule has 1 fully saturated rings. The molecule has 0 unspecified atom stereocenters. The van der Waals surface area contributed by atoms with E-state index in [1.165, 1.54) is 20.2 Å². The number of amides is 1. The first kappa shape index (κ1) is 22.7. The van der Waals surface area contributed by atoms with E-state index in [0.717, 1.165) is 37.2 Å². The van der Waals surface area contributed by atoms with Crippen molar-refractivity contribution in [3.8, 4) is 5.75 Å². The Balaban J connectivity index is 1.38. The topological polar surface area (TPSA) is 106 Å². The summed E-state index contributed by atoms with van der Waals surface area (Å²) in [6.45, 7) is 1.98. The molecule has 1 amide bonds. The van der Waals surface area contributed by atoms with Crippen LogP contribution in [0.15, 0.2) is 36.9 Å². The van der Waals surface area contributed by atoms with Gasteiger partial charge in [0.1, 0.15) is 0 Å². The maximum atomic E-state index is 14.7. The smallest absolute Gasteiger partial charge is 0.251 e. The zero-order valence-corrected chi connectivity index (χ0v) is 18.8. The highest BCUT2D eigenvalue weighted by Crippen LogP contribution is 2.24. The number of carbonyl (C=O) groups is 1. The molecule has 3 heterocycles. The first-order chi connectivity index (χ1) is 16.1. The van der Waals surface area contributed by atoms with Crippen LogP contribution in [-0.4, -0.2) is 52.9 Å². The molecule has 10 heteroatoms. The Morgan fingerprint density at radius 2 is 2.09 bits per heavy atom. The van der Waals surface area contributed by atoms with Gasteiger partial charge in [-0.1, -0.05) is 0 Å². The van der Waals surface area contributed by atoms with Gasteiger partial charge in [-0.05, 0) is 55.5 Å². The highest BCUT2D eigenvalue weighted by atomic mass is 19.1. The van der Waals surface area contributed by atoms with E-state index in [-0.39, 0.29) is 11.7 Å². The van der Waals surface area contributed by atoms with Gasteiger partial charge in [0.25, 0.3) is 5.91 Å². The normalized spacial score (nSPS) is 15.8.